The summed E-state index contributed by atoms with van der Waals surface area (Å²) >= 11 is 8.87. The fraction of sp³-hybridized carbons (Fsp3) is 0. The Kier molecular flexibility index (Phi) is 3.45. The van der Waals surface area contributed by atoms with Crippen LogP contribution in [0, 0.1) is 0 Å². The van der Waals surface area contributed by atoms with Crippen molar-refractivity contribution in [1.82, 2.24) is 0 Å². The third-order valence-electron chi connectivity index (χ3n) is 1.03. The summed E-state index contributed by atoms with van der Waals surface area (Å²) in [4.78, 5) is 0. The molecule has 0 saturated heterocycles. The fourth-order valence-corrected chi connectivity index (χ4v) is 2.09. The molecule has 10 heavy (non-hydrogen) atoms. The molecule has 0 saturated carbocycles. The van der Waals surface area contributed by atoms with Crippen molar-refractivity contribution in [3.8, 4) is 0 Å². The molecular weight excluding hydrogens is 373 g/mol. The van der Waals surface area contributed by atoms with E-state index in [1.807, 2.05) is 18.2 Å². The largest absolute Gasteiger partial charge is 0.327 e. The molecule has 0 heterocycles. The maximum atomic E-state index is 3.40. The summed E-state index contributed by atoms with van der Waals surface area (Å²) < 4.78 is 5.18. The predicted octanol–water partition coefficient (Wildman–Crippen LogP) is 3.97. The first-order chi connectivity index (χ1) is 4.74. The number of benzene rings is 1. The van der Waals surface area contributed by atoms with Gasteiger partial charge in [-0.15, -0.1) is 0 Å². The van der Waals surface area contributed by atoms with E-state index in [0.29, 0.717) is 0 Å². The lowest BCUT2D eigenvalue weighted by molar-refractivity contribution is 1.60. The molecule has 54 valence electrons. The van der Waals surface area contributed by atoms with Gasteiger partial charge in [-0.2, -0.15) is 0 Å². The quantitative estimate of drug-likeness (QED) is 0.577. The molecule has 0 bridgehead atoms. The predicted molar refractivity (Wildman–Crippen MR) is 59.5 cm³/mol. The van der Waals surface area contributed by atoms with Gasteiger partial charge < -0.3 is 3.53 Å². The van der Waals surface area contributed by atoms with Gasteiger partial charge in [-0.1, -0.05) is 15.9 Å². The van der Waals surface area contributed by atoms with Gasteiger partial charge in [-0.25, -0.2) is 0 Å². The highest BCUT2D eigenvalue weighted by Gasteiger charge is 1.96. The van der Waals surface area contributed by atoms with Crippen LogP contribution in [0.15, 0.2) is 27.1 Å². The standard InChI is InChI=1S/C6H4Br2IN/c7-4-1-2-5(8)6(3-4)10-9/h1-3,10H. The van der Waals surface area contributed by atoms with Crippen molar-refractivity contribution in [3.63, 3.8) is 0 Å². The van der Waals surface area contributed by atoms with Gasteiger partial charge >= 0.3 is 0 Å². The second-order valence-corrected chi connectivity index (χ2v) is 4.03. The highest BCUT2D eigenvalue weighted by molar-refractivity contribution is 14.1. The van der Waals surface area contributed by atoms with Crippen LogP contribution >= 0.6 is 54.7 Å². The van der Waals surface area contributed by atoms with Crippen molar-refractivity contribution in [2.24, 2.45) is 0 Å². The van der Waals surface area contributed by atoms with Crippen LogP contribution in [0.1, 0.15) is 0 Å². The highest BCUT2D eigenvalue weighted by atomic mass is 127. The van der Waals surface area contributed by atoms with E-state index in [1.165, 1.54) is 0 Å². The van der Waals surface area contributed by atoms with Crippen LogP contribution < -0.4 is 3.53 Å². The summed E-state index contributed by atoms with van der Waals surface area (Å²) in [7, 11) is 0. The van der Waals surface area contributed by atoms with E-state index >= 15 is 0 Å². The van der Waals surface area contributed by atoms with Crippen molar-refractivity contribution < 1.29 is 0 Å². The molecule has 1 rings (SSSR count). The Bertz CT molecular complexity index is 239. The second-order valence-electron chi connectivity index (χ2n) is 1.72. The summed E-state index contributed by atoms with van der Waals surface area (Å²) in [5.41, 5.74) is 1.08. The SMILES string of the molecule is Brc1ccc(Br)c(NI)c1. The van der Waals surface area contributed by atoms with Crippen LogP contribution in [0.2, 0.25) is 0 Å². The number of rotatable bonds is 1. The minimum Gasteiger partial charge on any atom is -0.327 e. The first-order valence-corrected chi connectivity index (χ1v) is 5.22. The van der Waals surface area contributed by atoms with E-state index in [0.717, 1.165) is 14.6 Å². The number of halogens is 3. The third-order valence-corrected chi connectivity index (χ3v) is 2.80. The molecule has 1 nitrogen and oxygen atoms in total. The summed E-state index contributed by atoms with van der Waals surface area (Å²) in [6.45, 7) is 0. The van der Waals surface area contributed by atoms with E-state index < -0.39 is 0 Å². The molecule has 1 aromatic rings. The molecule has 0 aliphatic carbocycles. The Morgan fingerprint density at radius 1 is 1.30 bits per heavy atom. The van der Waals surface area contributed by atoms with E-state index in [4.69, 9.17) is 0 Å². The fourth-order valence-electron chi connectivity index (χ4n) is 0.570. The van der Waals surface area contributed by atoms with Crippen molar-refractivity contribution in [1.29, 1.82) is 0 Å². The summed E-state index contributed by atoms with van der Waals surface area (Å²) in [5, 5.41) is 0. The smallest absolute Gasteiger partial charge is 0.0582 e. The van der Waals surface area contributed by atoms with Crippen LogP contribution in [-0.2, 0) is 0 Å². The Balaban J connectivity index is 3.09. The zero-order chi connectivity index (χ0) is 7.56. The molecule has 0 radical (unpaired) electrons. The Hall–Kier alpha value is 0.710. The van der Waals surface area contributed by atoms with Gasteiger partial charge in [0.15, 0.2) is 0 Å². The minimum atomic E-state index is 1.07. The monoisotopic (exact) mass is 375 g/mol. The van der Waals surface area contributed by atoms with Gasteiger partial charge in [-0.05, 0) is 34.1 Å². The first kappa shape index (κ1) is 8.80. The molecule has 0 atom stereocenters. The molecule has 0 aliphatic heterocycles. The maximum absolute atomic E-state index is 3.40. The van der Waals surface area contributed by atoms with Crippen LogP contribution in [0.25, 0.3) is 0 Å². The normalized spacial score (nSPS) is 9.50. The molecular formula is C6H4Br2IN. The first-order valence-electron chi connectivity index (χ1n) is 2.55. The van der Waals surface area contributed by atoms with Gasteiger partial charge in [0.2, 0.25) is 0 Å². The molecule has 4 heteroatoms. The summed E-state index contributed by atoms with van der Waals surface area (Å²) in [5.74, 6) is 0. The zero-order valence-corrected chi connectivity index (χ0v) is 10.2. The van der Waals surface area contributed by atoms with E-state index in [1.54, 1.807) is 0 Å². The molecule has 0 aromatic heterocycles. The Labute approximate surface area is 90.3 Å². The second kappa shape index (κ2) is 3.92. The minimum absolute atomic E-state index is 1.07. The third kappa shape index (κ3) is 2.10. The van der Waals surface area contributed by atoms with Gasteiger partial charge in [0.1, 0.15) is 0 Å². The number of hydrogen-bond acceptors (Lipinski definition) is 1. The van der Waals surface area contributed by atoms with E-state index in [9.17, 15) is 0 Å². The van der Waals surface area contributed by atoms with Crippen LogP contribution in [0.5, 0.6) is 0 Å². The average molecular weight is 377 g/mol. The average Bonchev–Trinajstić information content (AvgIpc) is 1.94. The number of nitrogens with one attached hydrogen (secondary N) is 1. The molecule has 0 unspecified atom stereocenters. The van der Waals surface area contributed by atoms with E-state index in [-0.39, 0.29) is 0 Å². The molecule has 0 amide bonds. The topological polar surface area (TPSA) is 12.0 Å². The Morgan fingerprint density at radius 3 is 2.50 bits per heavy atom. The van der Waals surface area contributed by atoms with Gasteiger partial charge in [-0.3, -0.25) is 0 Å². The lowest BCUT2D eigenvalue weighted by atomic mass is 10.3. The lowest BCUT2D eigenvalue weighted by Crippen LogP contribution is -1.79. The summed E-state index contributed by atoms with van der Waals surface area (Å²) in [6, 6.07) is 5.99. The molecule has 0 aliphatic rings. The molecule has 1 N–H and O–H groups in total. The maximum Gasteiger partial charge on any atom is 0.0582 e. The molecule has 0 fully saturated rings. The van der Waals surface area contributed by atoms with Crippen molar-refractivity contribution in [2.45, 2.75) is 0 Å². The van der Waals surface area contributed by atoms with E-state index in [2.05, 4.69) is 58.3 Å². The van der Waals surface area contributed by atoms with Crippen LogP contribution in [0.3, 0.4) is 0 Å². The molecule has 0 spiro atoms. The highest BCUT2D eigenvalue weighted by Crippen LogP contribution is 2.26. The van der Waals surface area contributed by atoms with Crippen molar-refractivity contribution in [3.05, 3.63) is 27.1 Å². The van der Waals surface area contributed by atoms with Crippen molar-refractivity contribution >= 4 is 60.4 Å². The van der Waals surface area contributed by atoms with Crippen LogP contribution in [-0.4, -0.2) is 0 Å². The summed E-state index contributed by atoms with van der Waals surface area (Å²) in [6.07, 6.45) is 0. The van der Waals surface area contributed by atoms with Gasteiger partial charge in [0.25, 0.3) is 0 Å². The van der Waals surface area contributed by atoms with Gasteiger partial charge in [0, 0.05) is 8.95 Å². The van der Waals surface area contributed by atoms with Crippen molar-refractivity contribution in [2.75, 3.05) is 3.53 Å². The van der Waals surface area contributed by atoms with Crippen LogP contribution in [0.4, 0.5) is 5.69 Å². The van der Waals surface area contributed by atoms with Gasteiger partial charge in [0.05, 0.1) is 28.6 Å². The number of hydrogen-bond donors (Lipinski definition) is 1. The lowest BCUT2D eigenvalue weighted by Gasteiger charge is -2.00. The number of anilines is 1. The zero-order valence-electron chi connectivity index (χ0n) is 4.87. The molecule has 1 aromatic carbocycles. The Morgan fingerprint density at radius 2 is 2.00 bits per heavy atom.